The number of fused-ring (bicyclic) bond motifs is 1. The Morgan fingerprint density at radius 1 is 1.23 bits per heavy atom. The van der Waals surface area contributed by atoms with Crippen LogP contribution >= 0.6 is 11.3 Å². The summed E-state index contributed by atoms with van der Waals surface area (Å²) in [6, 6.07) is 9.98. The van der Waals surface area contributed by atoms with Crippen LogP contribution in [0.15, 0.2) is 39.8 Å². The van der Waals surface area contributed by atoms with E-state index in [1.54, 1.807) is 13.0 Å². The fraction of sp³-hybridized carbons (Fsp3) is 0.480. The minimum Gasteiger partial charge on any atom is -0.349 e. The first-order chi connectivity index (χ1) is 16.9. The molecule has 1 atom stereocenters. The number of hydrogen-bond donors (Lipinski definition) is 1. The largest absolute Gasteiger partial charge is 0.349 e. The zero-order valence-electron chi connectivity index (χ0n) is 20.0. The molecule has 0 radical (unpaired) electrons. The highest BCUT2D eigenvalue weighted by Gasteiger charge is 2.35. The molecule has 0 spiro atoms. The summed E-state index contributed by atoms with van der Waals surface area (Å²) in [6.45, 7) is 4.37. The maximum atomic E-state index is 13.4. The third kappa shape index (κ3) is 4.79. The standard InChI is InChI=1S/C25H30N4O4S2/c1-3-23-27-24(28-33-23)21-15-22(16(2)34-21)35(31,32)29-13-11-18(12-14-29)25(30)26-20-10-6-8-17-7-4-5-9-19(17)20/h4-5,7,9,15,18,20H,3,6,8,10-14H2,1-2H3,(H,26,30)/t20-/m1/s1. The highest BCUT2D eigenvalue weighted by molar-refractivity contribution is 7.89. The molecule has 0 saturated carbocycles. The van der Waals surface area contributed by atoms with E-state index >= 15 is 0 Å². The SMILES string of the molecule is CCc1nc(-c2cc(S(=O)(=O)N3CCC(C(=O)N[C@@H]4CCCc5ccccc54)CC3)c(C)s2)no1. The molecule has 1 saturated heterocycles. The van der Waals surface area contributed by atoms with Gasteiger partial charge in [-0.25, -0.2) is 8.42 Å². The van der Waals surface area contributed by atoms with Crippen LogP contribution in [0.25, 0.3) is 10.7 Å². The van der Waals surface area contributed by atoms with Crippen LogP contribution in [0.4, 0.5) is 0 Å². The number of nitrogens with one attached hydrogen (secondary N) is 1. The number of hydrogen-bond acceptors (Lipinski definition) is 7. The van der Waals surface area contributed by atoms with Crippen LogP contribution in [0, 0.1) is 12.8 Å². The van der Waals surface area contributed by atoms with Gasteiger partial charge in [0.2, 0.25) is 27.6 Å². The Morgan fingerprint density at radius 3 is 2.74 bits per heavy atom. The van der Waals surface area contributed by atoms with E-state index in [1.165, 1.54) is 26.8 Å². The van der Waals surface area contributed by atoms with Gasteiger partial charge < -0.3 is 9.84 Å². The number of benzene rings is 1. The zero-order valence-corrected chi connectivity index (χ0v) is 21.6. The summed E-state index contributed by atoms with van der Waals surface area (Å²) in [5.74, 6) is 0.784. The van der Waals surface area contributed by atoms with E-state index in [2.05, 4.69) is 27.6 Å². The predicted molar refractivity (Wildman–Crippen MR) is 133 cm³/mol. The van der Waals surface area contributed by atoms with Crippen molar-refractivity contribution in [1.29, 1.82) is 0 Å². The summed E-state index contributed by atoms with van der Waals surface area (Å²) in [4.78, 5) is 19.0. The van der Waals surface area contributed by atoms with Crippen LogP contribution in [0.2, 0.25) is 0 Å². The number of sulfonamides is 1. The van der Waals surface area contributed by atoms with Crippen LogP contribution < -0.4 is 5.32 Å². The van der Waals surface area contributed by atoms with E-state index in [-0.39, 0.29) is 22.8 Å². The van der Waals surface area contributed by atoms with Crippen LogP contribution in [-0.4, -0.2) is 41.9 Å². The van der Waals surface area contributed by atoms with E-state index < -0.39 is 10.0 Å². The van der Waals surface area contributed by atoms with Gasteiger partial charge >= 0.3 is 0 Å². The third-order valence-electron chi connectivity index (χ3n) is 6.99. The molecule has 1 aliphatic carbocycles. The first kappa shape index (κ1) is 24.1. The van der Waals surface area contributed by atoms with Gasteiger partial charge in [0.15, 0.2) is 0 Å². The van der Waals surface area contributed by atoms with E-state index in [0.29, 0.717) is 53.8 Å². The molecule has 8 nitrogen and oxygen atoms in total. The minimum atomic E-state index is -3.67. The molecule has 186 valence electrons. The minimum absolute atomic E-state index is 0.0292. The van der Waals surface area contributed by atoms with Crippen LogP contribution in [0.1, 0.15) is 60.5 Å². The van der Waals surface area contributed by atoms with Gasteiger partial charge in [-0.2, -0.15) is 9.29 Å². The van der Waals surface area contributed by atoms with Gasteiger partial charge in [-0.05, 0) is 56.2 Å². The maximum Gasteiger partial charge on any atom is 0.244 e. The molecule has 35 heavy (non-hydrogen) atoms. The second kappa shape index (κ2) is 9.83. The van der Waals surface area contributed by atoms with Crippen molar-refractivity contribution in [2.45, 2.75) is 63.3 Å². The van der Waals surface area contributed by atoms with Crippen molar-refractivity contribution < 1.29 is 17.7 Å². The van der Waals surface area contributed by atoms with E-state index in [0.717, 1.165) is 19.3 Å². The normalized spacial score (nSPS) is 19.4. The molecule has 3 aromatic rings. The maximum absolute atomic E-state index is 13.4. The summed E-state index contributed by atoms with van der Waals surface area (Å²) < 4.78 is 33.5. The molecule has 3 heterocycles. The predicted octanol–water partition coefficient (Wildman–Crippen LogP) is 4.26. The summed E-state index contributed by atoms with van der Waals surface area (Å²) in [6.07, 6.45) is 4.70. The summed E-state index contributed by atoms with van der Waals surface area (Å²) >= 11 is 1.35. The average Bonchev–Trinajstić information content (AvgIpc) is 3.51. The molecule has 1 amide bonds. The quantitative estimate of drug-likeness (QED) is 0.527. The molecule has 2 aromatic heterocycles. The van der Waals surface area contributed by atoms with Crippen molar-refractivity contribution in [2.75, 3.05) is 13.1 Å². The lowest BCUT2D eigenvalue weighted by Gasteiger charge is -2.32. The second-order valence-electron chi connectivity index (χ2n) is 9.23. The van der Waals surface area contributed by atoms with Crippen LogP contribution in [0.3, 0.4) is 0 Å². The Hall–Kier alpha value is -2.56. The number of amides is 1. The molecular weight excluding hydrogens is 484 g/mol. The highest BCUT2D eigenvalue weighted by Crippen LogP contribution is 2.35. The number of carbonyl (C=O) groups is 1. The monoisotopic (exact) mass is 514 g/mol. The smallest absolute Gasteiger partial charge is 0.244 e. The Bertz CT molecular complexity index is 1320. The number of thiophene rings is 1. The van der Waals surface area contributed by atoms with E-state index in [9.17, 15) is 13.2 Å². The van der Waals surface area contributed by atoms with Crippen LogP contribution in [-0.2, 0) is 27.7 Å². The Morgan fingerprint density at radius 2 is 2.00 bits per heavy atom. The Balaban J connectivity index is 1.24. The number of aromatic nitrogens is 2. The van der Waals surface area contributed by atoms with Gasteiger partial charge in [0, 0.05) is 30.3 Å². The number of piperidine rings is 1. The van der Waals surface area contributed by atoms with Crippen molar-refractivity contribution in [3.05, 3.63) is 52.2 Å². The molecule has 0 unspecified atom stereocenters. The first-order valence-corrected chi connectivity index (χ1v) is 14.4. The summed E-state index contributed by atoms with van der Waals surface area (Å²) in [7, 11) is -3.67. The number of rotatable bonds is 6. The van der Waals surface area contributed by atoms with Gasteiger partial charge in [0.1, 0.15) is 0 Å². The molecule has 2 aliphatic rings. The van der Waals surface area contributed by atoms with Gasteiger partial charge in [0.25, 0.3) is 0 Å². The first-order valence-electron chi connectivity index (χ1n) is 12.2. The Labute approximate surface area is 209 Å². The van der Waals surface area contributed by atoms with Crippen molar-refractivity contribution in [1.82, 2.24) is 19.8 Å². The second-order valence-corrected chi connectivity index (χ2v) is 12.4. The lowest BCUT2D eigenvalue weighted by atomic mass is 9.87. The van der Waals surface area contributed by atoms with E-state index in [1.807, 2.05) is 19.1 Å². The lowest BCUT2D eigenvalue weighted by molar-refractivity contribution is -0.127. The van der Waals surface area contributed by atoms with Gasteiger partial charge in [0.05, 0.1) is 15.8 Å². The van der Waals surface area contributed by atoms with Gasteiger partial charge in [-0.15, -0.1) is 11.3 Å². The molecule has 0 bridgehead atoms. The number of carbonyl (C=O) groups excluding carboxylic acids is 1. The van der Waals surface area contributed by atoms with Crippen LogP contribution in [0.5, 0.6) is 0 Å². The van der Waals surface area contributed by atoms with E-state index in [4.69, 9.17) is 4.52 Å². The van der Waals surface area contributed by atoms with Crippen molar-refractivity contribution in [3.8, 4) is 10.7 Å². The zero-order chi connectivity index (χ0) is 24.6. The molecule has 10 heteroatoms. The topological polar surface area (TPSA) is 105 Å². The number of aryl methyl sites for hydroxylation is 3. The van der Waals surface area contributed by atoms with Crippen molar-refractivity contribution in [3.63, 3.8) is 0 Å². The molecule has 1 N–H and O–H groups in total. The molecule has 5 rings (SSSR count). The molecule has 1 fully saturated rings. The number of nitrogens with zero attached hydrogens (tertiary/aromatic N) is 3. The molecule has 1 aliphatic heterocycles. The molecular formula is C25H30N4O4S2. The van der Waals surface area contributed by atoms with Crippen molar-refractivity contribution >= 4 is 27.3 Å². The fourth-order valence-corrected chi connectivity index (χ4v) is 7.98. The van der Waals surface area contributed by atoms with Gasteiger partial charge in [-0.1, -0.05) is 36.3 Å². The fourth-order valence-electron chi connectivity index (χ4n) is 5.02. The Kier molecular flexibility index (Phi) is 6.78. The summed E-state index contributed by atoms with van der Waals surface area (Å²) in [5.41, 5.74) is 2.52. The average molecular weight is 515 g/mol. The van der Waals surface area contributed by atoms with Gasteiger partial charge in [-0.3, -0.25) is 4.79 Å². The van der Waals surface area contributed by atoms with Crippen molar-refractivity contribution in [2.24, 2.45) is 5.92 Å². The highest BCUT2D eigenvalue weighted by atomic mass is 32.2. The third-order valence-corrected chi connectivity index (χ3v) is 10.2. The summed E-state index contributed by atoms with van der Waals surface area (Å²) in [5, 5.41) is 7.21. The lowest BCUT2D eigenvalue weighted by Crippen LogP contribution is -2.44. The molecule has 1 aromatic carbocycles.